The first kappa shape index (κ1) is 11.8. The molecule has 1 aromatic rings. The fourth-order valence-electron chi connectivity index (χ4n) is 0.949. The Labute approximate surface area is 89.0 Å². The first-order chi connectivity index (χ1) is 7.06. The highest BCUT2D eigenvalue weighted by molar-refractivity contribution is 6.18. The van der Waals surface area contributed by atoms with E-state index in [0.29, 0.717) is 12.1 Å². The van der Waals surface area contributed by atoms with Gasteiger partial charge in [-0.25, -0.2) is 13.2 Å². The monoisotopic (exact) mass is 237 g/mol. The largest absolute Gasteiger partial charge is 0.351 e. The maximum absolute atomic E-state index is 12.7. The molecule has 1 aromatic carbocycles. The molecule has 0 aromatic heterocycles. The van der Waals surface area contributed by atoms with Crippen LogP contribution in [0.2, 0.25) is 0 Å². The van der Waals surface area contributed by atoms with Crippen LogP contribution in [0.5, 0.6) is 0 Å². The van der Waals surface area contributed by atoms with E-state index in [4.69, 9.17) is 11.6 Å². The van der Waals surface area contributed by atoms with Gasteiger partial charge in [-0.1, -0.05) is 0 Å². The zero-order chi connectivity index (χ0) is 11.4. The van der Waals surface area contributed by atoms with Crippen molar-refractivity contribution in [1.29, 1.82) is 0 Å². The van der Waals surface area contributed by atoms with E-state index in [-0.39, 0.29) is 18.0 Å². The molecule has 0 saturated heterocycles. The van der Waals surface area contributed by atoms with Gasteiger partial charge in [0.15, 0.2) is 17.5 Å². The first-order valence-electron chi connectivity index (χ1n) is 4.05. The number of amides is 1. The minimum Gasteiger partial charge on any atom is -0.351 e. The number of halogens is 4. The number of carbonyl (C=O) groups excluding carboxylic acids is 1. The van der Waals surface area contributed by atoms with Crippen molar-refractivity contribution in [2.24, 2.45) is 0 Å². The van der Waals surface area contributed by atoms with Gasteiger partial charge in [0.1, 0.15) is 0 Å². The van der Waals surface area contributed by atoms with Crippen molar-refractivity contribution >= 4 is 17.5 Å². The Bertz CT molecular complexity index is 361. The highest BCUT2D eigenvalue weighted by Crippen LogP contribution is 2.13. The van der Waals surface area contributed by atoms with Gasteiger partial charge in [-0.05, 0) is 12.1 Å². The Hall–Kier alpha value is -1.23. The SMILES string of the molecule is O=C(NCCCl)c1cc(F)c(F)c(F)c1. The number of nitrogens with one attached hydrogen (secondary N) is 1. The summed E-state index contributed by atoms with van der Waals surface area (Å²) in [7, 11) is 0. The second kappa shape index (κ2) is 5.02. The summed E-state index contributed by atoms with van der Waals surface area (Å²) in [5.41, 5.74) is -0.281. The molecule has 1 N–H and O–H groups in total. The average molecular weight is 238 g/mol. The zero-order valence-corrected chi connectivity index (χ0v) is 8.24. The molecule has 0 saturated carbocycles. The van der Waals surface area contributed by atoms with E-state index >= 15 is 0 Å². The van der Waals surface area contributed by atoms with Crippen LogP contribution in [-0.2, 0) is 0 Å². The molecule has 0 atom stereocenters. The third kappa shape index (κ3) is 2.86. The van der Waals surface area contributed by atoms with E-state index < -0.39 is 23.4 Å². The molecule has 2 nitrogen and oxygen atoms in total. The highest BCUT2D eigenvalue weighted by atomic mass is 35.5. The number of alkyl halides is 1. The second-order valence-electron chi connectivity index (χ2n) is 2.70. The van der Waals surface area contributed by atoms with E-state index in [0.717, 1.165) is 0 Å². The standard InChI is InChI=1S/C9H7ClF3NO/c10-1-2-14-9(15)5-3-6(11)8(13)7(12)4-5/h3-4H,1-2H2,(H,14,15). The van der Waals surface area contributed by atoms with Crippen LogP contribution in [0, 0.1) is 17.5 Å². The molecule has 15 heavy (non-hydrogen) atoms. The fraction of sp³-hybridized carbons (Fsp3) is 0.222. The summed E-state index contributed by atoms with van der Waals surface area (Å²) in [4.78, 5) is 11.2. The van der Waals surface area contributed by atoms with Crippen molar-refractivity contribution in [3.63, 3.8) is 0 Å². The minimum atomic E-state index is -1.59. The molecule has 0 bridgehead atoms. The quantitative estimate of drug-likeness (QED) is 0.633. The van der Waals surface area contributed by atoms with Crippen LogP contribution < -0.4 is 5.32 Å². The lowest BCUT2D eigenvalue weighted by molar-refractivity contribution is 0.0955. The molecule has 6 heteroatoms. The Balaban J connectivity index is 2.91. The molecule has 0 aliphatic heterocycles. The third-order valence-electron chi connectivity index (χ3n) is 1.63. The van der Waals surface area contributed by atoms with Gasteiger partial charge in [0.05, 0.1) is 0 Å². The van der Waals surface area contributed by atoms with Crippen LogP contribution in [0.4, 0.5) is 13.2 Å². The predicted octanol–water partition coefficient (Wildman–Crippen LogP) is 2.07. The zero-order valence-electron chi connectivity index (χ0n) is 7.49. The van der Waals surface area contributed by atoms with Gasteiger partial charge in [-0.2, -0.15) is 0 Å². The lowest BCUT2D eigenvalue weighted by atomic mass is 10.2. The molecule has 0 unspecified atom stereocenters. The van der Waals surface area contributed by atoms with Gasteiger partial charge >= 0.3 is 0 Å². The molecular formula is C9H7ClF3NO. The van der Waals surface area contributed by atoms with Crippen LogP contribution in [0.1, 0.15) is 10.4 Å². The van der Waals surface area contributed by atoms with Crippen molar-refractivity contribution in [2.75, 3.05) is 12.4 Å². The van der Waals surface area contributed by atoms with Crippen LogP contribution >= 0.6 is 11.6 Å². The lowest BCUT2D eigenvalue weighted by Gasteiger charge is -2.03. The Morgan fingerprint density at radius 1 is 1.27 bits per heavy atom. The molecule has 0 spiro atoms. The summed E-state index contributed by atoms with van der Waals surface area (Å²) in [5, 5.41) is 2.30. The summed E-state index contributed by atoms with van der Waals surface area (Å²) in [6.45, 7) is 0.168. The van der Waals surface area contributed by atoms with E-state index in [2.05, 4.69) is 5.32 Å². The number of benzene rings is 1. The number of rotatable bonds is 3. The molecule has 0 aliphatic rings. The maximum atomic E-state index is 12.7. The topological polar surface area (TPSA) is 29.1 Å². The fourth-order valence-corrected chi connectivity index (χ4v) is 1.04. The van der Waals surface area contributed by atoms with Gasteiger partial charge < -0.3 is 5.32 Å². The van der Waals surface area contributed by atoms with Gasteiger partial charge in [0, 0.05) is 18.0 Å². The smallest absolute Gasteiger partial charge is 0.251 e. The predicted molar refractivity (Wildman–Crippen MR) is 49.4 cm³/mol. The van der Waals surface area contributed by atoms with Crippen molar-refractivity contribution in [3.8, 4) is 0 Å². The first-order valence-corrected chi connectivity index (χ1v) is 4.58. The molecule has 1 amide bonds. The minimum absolute atomic E-state index is 0.168. The van der Waals surface area contributed by atoms with E-state index in [9.17, 15) is 18.0 Å². The average Bonchev–Trinajstić information content (AvgIpc) is 2.21. The second-order valence-corrected chi connectivity index (χ2v) is 3.08. The van der Waals surface area contributed by atoms with Gasteiger partial charge in [-0.15, -0.1) is 11.6 Å². The molecule has 1 rings (SSSR count). The summed E-state index contributed by atoms with van der Waals surface area (Å²) in [5.74, 6) is -4.91. The summed E-state index contributed by atoms with van der Waals surface area (Å²) in [6, 6.07) is 1.25. The Morgan fingerprint density at radius 3 is 2.27 bits per heavy atom. The van der Waals surface area contributed by atoms with Crippen LogP contribution in [0.3, 0.4) is 0 Å². The number of hydrogen-bond acceptors (Lipinski definition) is 1. The highest BCUT2D eigenvalue weighted by Gasteiger charge is 2.14. The molecular weight excluding hydrogens is 231 g/mol. The van der Waals surface area contributed by atoms with E-state index in [1.807, 2.05) is 0 Å². The number of hydrogen-bond donors (Lipinski definition) is 1. The van der Waals surface area contributed by atoms with Crippen LogP contribution in [-0.4, -0.2) is 18.3 Å². The summed E-state index contributed by atoms with van der Waals surface area (Å²) < 4.78 is 37.9. The summed E-state index contributed by atoms with van der Waals surface area (Å²) >= 11 is 5.30. The van der Waals surface area contributed by atoms with Crippen molar-refractivity contribution < 1.29 is 18.0 Å². The molecule has 0 aliphatic carbocycles. The van der Waals surface area contributed by atoms with E-state index in [1.165, 1.54) is 0 Å². The van der Waals surface area contributed by atoms with Crippen LogP contribution in [0.15, 0.2) is 12.1 Å². The molecule has 0 fully saturated rings. The Morgan fingerprint density at radius 2 is 1.80 bits per heavy atom. The normalized spacial score (nSPS) is 10.1. The Kier molecular flexibility index (Phi) is 3.96. The van der Waals surface area contributed by atoms with Crippen LogP contribution in [0.25, 0.3) is 0 Å². The van der Waals surface area contributed by atoms with Crippen molar-refractivity contribution in [2.45, 2.75) is 0 Å². The summed E-state index contributed by atoms with van der Waals surface area (Å²) in [6.07, 6.45) is 0. The van der Waals surface area contributed by atoms with Gasteiger partial charge in [0.2, 0.25) is 0 Å². The van der Waals surface area contributed by atoms with E-state index in [1.54, 1.807) is 0 Å². The molecule has 0 heterocycles. The number of carbonyl (C=O) groups is 1. The van der Waals surface area contributed by atoms with Gasteiger partial charge in [0.25, 0.3) is 5.91 Å². The molecule has 0 radical (unpaired) electrons. The lowest BCUT2D eigenvalue weighted by Crippen LogP contribution is -2.25. The maximum Gasteiger partial charge on any atom is 0.251 e. The van der Waals surface area contributed by atoms with Crippen molar-refractivity contribution in [3.05, 3.63) is 35.1 Å². The van der Waals surface area contributed by atoms with Gasteiger partial charge in [-0.3, -0.25) is 4.79 Å². The molecule has 82 valence electrons. The van der Waals surface area contributed by atoms with Crippen molar-refractivity contribution in [1.82, 2.24) is 5.32 Å². The third-order valence-corrected chi connectivity index (χ3v) is 1.82.